The summed E-state index contributed by atoms with van der Waals surface area (Å²) in [4.78, 5) is 13.9. The Balaban J connectivity index is 2.73. The van der Waals surface area contributed by atoms with Crippen molar-refractivity contribution in [2.45, 2.75) is 25.7 Å². The van der Waals surface area contributed by atoms with Crippen molar-refractivity contribution in [3.63, 3.8) is 0 Å². The molecule has 0 aromatic carbocycles. The Kier molecular flexibility index (Phi) is 3.28. The SMILES string of the molecule is CC(F)(F)c1ccc(CCC=O)nc1. The monoisotopic (exact) mass is 199 g/mol. The van der Waals surface area contributed by atoms with Gasteiger partial charge in [-0.1, -0.05) is 0 Å². The number of aldehydes is 1. The molecule has 0 fully saturated rings. The first-order valence-electron chi connectivity index (χ1n) is 4.31. The van der Waals surface area contributed by atoms with Crippen LogP contribution < -0.4 is 0 Å². The lowest BCUT2D eigenvalue weighted by Gasteiger charge is -2.09. The van der Waals surface area contributed by atoms with Gasteiger partial charge in [0.15, 0.2) is 0 Å². The zero-order valence-electron chi connectivity index (χ0n) is 7.84. The van der Waals surface area contributed by atoms with Gasteiger partial charge in [0.05, 0.1) is 0 Å². The minimum Gasteiger partial charge on any atom is -0.303 e. The van der Waals surface area contributed by atoms with Gasteiger partial charge in [-0.05, 0) is 18.6 Å². The average molecular weight is 199 g/mol. The van der Waals surface area contributed by atoms with Crippen LogP contribution in [0.4, 0.5) is 8.78 Å². The number of hydrogen-bond donors (Lipinski definition) is 0. The van der Waals surface area contributed by atoms with Gasteiger partial charge in [-0.2, -0.15) is 0 Å². The van der Waals surface area contributed by atoms with Crippen LogP contribution in [-0.4, -0.2) is 11.3 Å². The molecule has 0 N–H and O–H groups in total. The molecular weight excluding hydrogens is 188 g/mol. The van der Waals surface area contributed by atoms with E-state index in [4.69, 9.17) is 0 Å². The predicted octanol–water partition coefficient (Wildman–Crippen LogP) is 2.32. The molecule has 0 aliphatic carbocycles. The topological polar surface area (TPSA) is 30.0 Å². The molecule has 0 saturated heterocycles. The van der Waals surface area contributed by atoms with Crippen molar-refractivity contribution in [3.05, 3.63) is 29.6 Å². The number of rotatable bonds is 4. The Labute approximate surface area is 81.0 Å². The zero-order chi connectivity index (χ0) is 10.6. The van der Waals surface area contributed by atoms with Crippen molar-refractivity contribution >= 4 is 6.29 Å². The number of alkyl halides is 2. The van der Waals surface area contributed by atoms with E-state index in [-0.39, 0.29) is 5.56 Å². The second-order valence-electron chi connectivity index (χ2n) is 3.13. The lowest BCUT2D eigenvalue weighted by Crippen LogP contribution is -2.07. The van der Waals surface area contributed by atoms with Gasteiger partial charge in [0.2, 0.25) is 0 Å². The summed E-state index contributed by atoms with van der Waals surface area (Å²) in [5, 5.41) is 0. The van der Waals surface area contributed by atoms with Gasteiger partial charge in [-0.3, -0.25) is 4.98 Å². The van der Waals surface area contributed by atoms with E-state index in [0.717, 1.165) is 19.4 Å². The maximum absolute atomic E-state index is 12.7. The Hall–Kier alpha value is -1.32. The van der Waals surface area contributed by atoms with E-state index in [1.807, 2.05) is 0 Å². The highest BCUT2D eigenvalue weighted by atomic mass is 19.3. The van der Waals surface area contributed by atoms with Gasteiger partial charge < -0.3 is 4.79 Å². The summed E-state index contributed by atoms with van der Waals surface area (Å²) in [5.74, 6) is -2.85. The fraction of sp³-hybridized carbons (Fsp3) is 0.400. The Bertz CT molecular complexity index is 303. The van der Waals surface area contributed by atoms with Crippen LogP contribution in [0.15, 0.2) is 18.3 Å². The summed E-state index contributed by atoms with van der Waals surface area (Å²) in [6, 6.07) is 2.86. The van der Waals surface area contributed by atoms with Gasteiger partial charge >= 0.3 is 0 Å². The van der Waals surface area contributed by atoms with Crippen LogP contribution in [0.5, 0.6) is 0 Å². The highest BCUT2D eigenvalue weighted by Gasteiger charge is 2.24. The van der Waals surface area contributed by atoms with E-state index in [1.165, 1.54) is 12.1 Å². The van der Waals surface area contributed by atoms with Crippen molar-refractivity contribution in [3.8, 4) is 0 Å². The molecule has 0 bridgehead atoms. The third-order valence-corrected chi connectivity index (χ3v) is 1.85. The average Bonchev–Trinajstić information content (AvgIpc) is 2.14. The van der Waals surface area contributed by atoms with Gasteiger partial charge in [-0.25, -0.2) is 8.78 Å². The maximum Gasteiger partial charge on any atom is 0.272 e. The number of aromatic nitrogens is 1. The summed E-state index contributed by atoms with van der Waals surface area (Å²) in [7, 11) is 0. The molecule has 0 aliphatic rings. The van der Waals surface area contributed by atoms with Crippen molar-refractivity contribution in [1.29, 1.82) is 0 Å². The van der Waals surface area contributed by atoms with Crippen LogP contribution in [0.1, 0.15) is 24.6 Å². The number of nitrogens with zero attached hydrogens (tertiary/aromatic N) is 1. The smallest absolute Gasteiger partial charge is 0.272 e. The van der Waals surface area contributed by atoms with Crippen LogP contribution in [0, 0.1) is 0 Å². The first-order chi connectivity index (χ1) is 6.54. The first kappa shape index (κ1) is 10.8. The number of carbonyl (C=O) groups excluding carboxylic acids is 1. The molecule has 1 aromatic heterocycles. The Morgan fingerprint density at radius 3 is 2.64 bits per heavy atom. The van der Waals surface area contributed by atoms with Crippen molar-refractivity contribution in [2.75, 3.05) is 0 Å². The van der Waals surface area contributed by atoms with Crippen LogP contribution in [0.3, 0.4) is 0 Å². The fourth-order valence-corrected chi connectivity index (χ4v) is 1.04. The number of aryl methyl sites for hydroxylation is 1. The summed E-state index contributed by atoms with van der Waals surface area (Å²) in [6.45, 7) is 0.828. The second-order valence-corrected chi connectivity index (χ2v) is 3.13. The van der Waals surface area contributed by atoms with Gasteiger partial charge in [0.1, 0.15) is 6.29 Å². The van der Waals surface area contributed by atoms with E-state index in [9.17, 15) is 13.6 Å². The van der Waals surface area contributed by atoms with Crippen LogP contribution in [-0.2, 0) is 17.1 Å². The Morgan fingerprint density at radius 2 is 2.21 bits per heavy atom. The van der Waals surface area contributed by atoms with E-state index < -0.39 is 5.92 Å². The van der Waals surface area contributed by atoms with Crippen molar-refractivity contribution in [1.82, 2.24) is 4.98 Å². The van der Waals surface area contributed by atoms with E-state index in [1.54, 1.807) is 0 Å². The number of carbonyl (C=O) groups is 1. The summed E-state index contributed by atoms with van der Waals surface area (Å²) in [6.07, 6.45) is 2.80. The third kappa shape index (κ3) is 2.87. The molecule has 1 aromatic rings. The molecule has 0 unspecified atom stereocenters. The minimum atomic E-state index is -2.85. The van der Waals surface area contributed by atoms with Gasteiger partial charge in [0.25, 0.3) is 5.92 Å². The predicted molar refractivity (Wildman–Crippen MR) is 48.2 cm³/mol. The quantitative estimate of drug-likeness (QED) is 0.696. The van der Waals surface area contributed by atoms with Crippen molar-refractivity contribution < 1.29 is 13.6 Å². The molecule has 76 valence electrons. The normalized spacial score (nSPS) is 11.4. The fourth-order valence-electron chi connectivity index (χ4n) is 1.04. The molecule has 0 atom stereocenters. The minimum absolute atomic E-state index is 0.104. The molecule has 1 rings (SSSR count). The van der Waals surface area contributed by atoms with Crippen molar-refractivity contribution in [2.24, 2.45) is 0 Å². The maximum atomic E-state index is 12.7. The summed E-state index contributed by atoms with van der Waals surface area (Å²) in [5.41, 5.74) is 0.553. The van der Waals surface area contributed by atoms with E-state index >= 15 is 0 Å². The molecule has 0 spiro atoms. The molecule has 1 heterocycles. The standard InChI is InChI=1S/C10H11F2NO/c1-10(11,12)8-4-5-9(13-7-8)3-2-6-14/h4-7H,2-3H2,1H3. The van der Waals surface area contributed by atoms with E-state index in [0.29, 0.717) is 18.5 Å². The molecule has 0 saturated carbocycles. The van der Waals surface area contributed by atoms with Crippen LogP contribution in [0.2, 0.25) is 0 Å². The largest absolute Gasteiger partial charge is 0.303 e. The molecule has 4 heteroatoms. The van der Waals surface area contributed by atoms with E-state index in [2.05, 4.69) is 4.98 Å². The number of hydrogen-bond acceptors (Lipinski definition) is 2. The lowest BCUT2D eigenvalue weighted by molar-refractivity contribution is -0.107. The first-order valence-corrected chi connectivity index (χ1v) is 4.31. The second kappa shape index (κ2) is 4.26. The molecule has 0 aliphatic heterocycles. The molecule has 0 radical (unpaired) electrons. The summed E-state index contributed by atoms with van der Waals surface area (Å²) >= 11 is 0. The molecule has 14 heavy (non-hydrogen) atoms. The number of pyridine rings is 1. The number of halogens is 2. The highest BCUT2D eigenvalue weighted by molar-refractivity contribution is 5.49. The summed E-state index contributed by atoms with van der Waals surface area (Å²) < 4.78 is 25.5. The zero-order valence-corrected chi connectivity index (χ0v) is 7.84. The highest BCUT2D eigenvalue weighted by Crippen LogP contribution is 2.25. The molecular formula is C10H11F2NO. The molecule has 2 nitrogen and oxygen atoms in total. The lowest BCUT2D eigenvalue weighted by atomic mass is 10.1. The van der Waals surface area contributed by atoms with Gasteiger partial charge in [0, 0.05) is 30.8 Å². The molecule has 0 amide bonds. The van der Waals surface area contributed by atoms with Crippen LogP contribution >= 0.6 is 0 Å². The van der Waals surface area contributed by atoms with Gasteiger partial charge in [-0.15, -0.1) is 0 Å². The Morgan fingerprint density at radius 1 is 1.50 bits per heavy atom. The third-order valence-electron chi connectivity index (χ3n) is 1.85. The van der Waals surface area contributed by atoms with Crippen LogP contribution in [0.25, 0.3) is 0 Å².